The Hall–Kier alpha value is -2.97. The second-order valence-corrected chi connectivity index (χ2v) is 8.62. The fourth-order valence-electron chi connectivity index (χ4n) is 4.37. The molecule has 4 rings (SSSR count). The Morgan fingerprint density at radius 2 is 1.79 bits per heavy atom. The van der Waals surface area contributed by atoms with Crippen molar-refractivity contribution in [2.24, 2.45) is 0 Å². The number of ether oxygens (including phenoxy) is 3. The molecular weight excluding hydrogens is 442 g/mol. The second-order valence-electron chi connectivity index (χ2n) is 8.28. The molecule has 9 heteroatoms. The third-order valence-electron chi connectivity index (χ3n) is 5.98. The lowest BCUT2D eigenvalue weighted by Crippen LogP contribution is -2.27. The first-order valence-electron chi connectivity index (χ1n) is 10.8. The minimum Gasteiger partial charge on any atom is -0.496 e. The highest BCUT2D eigenvalue weighted by Gasteiger charge is 2.26. The van der Waals surface area contributed by atoms with Gasteiger partial charge in [-0.1, -0.05) is 6.07 Å². The lowest BCUT2D eigenvalue weighted by atomic mass is 10.1. The van der Waals surface area contributed by atoms with E-state index in [1.807, 2.05) is 24.3 Å². The second kappa shape index (κ2) is 9.89. The number of benzene rings is 2. The van der Waals surface area contributed by atoms with E-state index in [0.29, 0.717) is 22.8 Å². The molecule has 2 aromatic carbocycles. The zero-order chi connectivity index (χ0) is 23.5. The summed E-state index contributed by atoms with van der Waals surface area (Å²) >= 11 is 6.23. The molecule has 1 aromatic heterocycles. The van der Waals surface area contributed by atoms with Crippen LogP contribution in [0.15, 0.2) is 30.3 Å². The number of anilines is 2. The molecule has 1 fully saturated rings. The Morgan fingerprint density at radius 1 is 1.06 bits per heavy atom. The maximum atomic E-state index is 6.23. The standard InChI is InChI=1S/C24H30ClN5O3/c1-29(2)19-7-6-8-20(31-3)17(19)14-30-10-9-15(13-30)26-23-16-11-21(32-4)22(33-5)12-18(16)27-24(25)28-23/h6-8,11-12,15H,9-10,13-14H2,1-5H3,(H,26,27,28)/t15-/m0/s1. The van der Waals surface area contributed by atoms with Crippen LogP contribution in [-0.2, 0) is 6.54 Å². The molecule has 0 aliphatic carbocycles. The van der Waals surface area contributed by atoms with E-state index < -0.39 is 0 Å². The minimum absolute atomic E-state index is 0.191. The normalized spacial score (nSPS) is 16.1. The van der Waals surface area contributed by atoms with E-state index in [2.05, 4.69) is 45.2 Å². The van der Waals surface area contributed by atoms with E-state index in [-0.39, 0.29) is 11.3 Å². The van der Waals surface area contributed by atoms with Crippen molar-refractivity contribution in [3.8, 4) is 17.2 Å². The molecule has 176 valence electrons. The third-order valence-corrected chi connectivity index (χ3v) is 6.15. The van der Waals surface area contributed by atoms with Crippen LogP contribution in [-0.4, -0.2) is 69.4 Å². The van der Waals surface area contributed by atoms with Crippen molar-refractivity contribution < 1.29 is 14.2 Å². The smallest absolute Gasteiger partial charge is 0.224 e. The van der Waals surface area contributed by atoms with Crippen LogP contribution in [0.4, 0.5) is 11.5 Å². The number of likely N-dealkylation sites (tertiary alicyclic amines) is 1. The summed E-state index contributed by atoms with van der Waals surface area (Å²) in [6, 6.07) is 10.1. The van der Waals surface area contributed by atoms with Crippen molar-refractivity contribution in [3.63, 3.8) is 0 Å². The average Bonchev–Trinajstić information content (AvgIpc) is 3.24. The van der Waals surface area contributed by atoms with Crippen molar-refractivity contribution in [2.45, 2.75) is 19.0 Å². The molecule has 1 N–H and O–H groups in total. The highest BCUT2D eigenvalue weighted by atomic mass is 35.5. The molecule has 1 aliphatic heterocycles. The topological polar surface area (TPSA) is 72.0 Å². The largest absolute Gasteiger partial charge is 0.496 e. The lowest BCUT2D eigenvalue weighted by molar-refractivity contribution is 0.319. The van der Waals surface area contributed by atoms with Crippen LogP contribution in [0.2, 0.25) is 5.28 Å². The van der Waals surface area contributed by atoms with Gasteiger partial charge in [-0.15, -0.1) is 0 Å². The molecule has 2 heterocycles. The van der Waals surface area contributed by atoms with Gasteiger partial charge in [0.1, 0.15) is 11.6 Å². The van der Waals surface area contributed by atoms with E-state index >= 15 is 0 Å². The zero-order valence-corrected chi connectivity index (χ0v) is 20.4. The minimum atomic E-state index is 0.191. The van der Waals surface area contributed by atoms with E-state index in [4.69, 9.17) is 25.8 Å². The van der Waals surface area contributed by atoms with Gasteiger partial charge in [-0.25, -0.2) is 9.97 Å². The fourth-order valence-corrected chi connectivity index (χ4v) is 4.55. The molecule has 1 atom stereocenters. The van der Waals surface area contributed by atoms with Gasteiger partial charge in [0.15, 0.2) is 11.5 Å². The number of aromatic nitrogens is 2. The summed E-state index contributed by atoms with van der Waals surface area (Å²) in [5.41, 5.74) is 3.06. The summed E-state index contributed by atoms with van der Waals surface area (Å²) in [7, 11) is 9.05. The van der Waals surface area contributed by atoms with Gasteiger partial charge in [0, 0.05) is 62.5 Å². The summed E-state index contributed by atoms with van der Waals surface area (Å²) in [5.74, 6) is 2.84. The molecule has 0 radical (unpaired) electrons. The van der Waals surface area contributed by atoms with Crippen LogP contribution in [0, 0.1) is 0 Å². The molecule has 3 aromatic rings. The molecule has 0 spiro atoms. The third kappa shape index (κ3) is 4.86. The van der Waals surface area contributed by atoms with E-state index in [0.717, 1.165) is 37.2 Å². The van der Waals surface area contributed by atoms with Crippen LogP contribution in [0.1, 0.15) is 12.0 Å². The highest BCUT2D eigenvalue weighted by molar-refractivity contribution is 6.28. The molecule has 1 aliphatic rings. The van der Waals surface area contributed by atoms with Crippen LogP contribution in [0.25, 0.3) is 10.9 Å². The van der Waals surface area contributed by atoms with Gasteiger partial charge in [-0.3, -0.25) is 4.90 Å². The monoisotopic (exact) mass is 471 g/mol. The number of halogens is 1. The first-order valence-corrected chi connectivity index (χ1v) is 11.2. The van der Waals surface area contributed by atoms with Gasteiger partial charge in [-0.2, -0.15) is 0 Å². The number of hydrogen-bond acceptors (Lipinski definition) is 8. The molecule has 0 saturated carbocycles. The molecule has 0 amide bonds. The van der Waals surface area contributed by atoms with Crippen LogP contribution in [0.5, 0.6) is 17.2 Å². The SMILES string of the molecule is COc1cc2nc(Cl)nc(N[C@H]3CCN(Cc4c(OC)cccc4N(C)C)C3)c2cc1OC. The quantitative estimate of drug-likeness (QED) is 0.493. The van der Waals surface area contributed by atoms with E-state index in [1.54, 1.807) is 21.3 Å². The number of methoxy groups -OCH3 is 3. The Labute approximate surface area is 199 Å². The van der Waals surface area contributed by atoms with Crippen molar-refractivity contribution in [1.29, 1.82) is 0 Å². The first-order chi connectivity index (χ1) is 15.9. The Balaban J connectivity index is 1.55. The predicted octanol–water partition coefficient (Wildman–Crippen LogP) is 4.06. The average molecular weight is 472 g/mol. The van der Waals surface area contributed by atoms with Crippen LogP contribution in [0.3, 0.4) is 0 Å². The summed E-state index contributed by atoms with van der Waals surface area (Å²) in [6.07, 6.45) is 0.989. The Kier molecular flexibility index (Phi) is 6.95. The summed E-state index contributed by atoms with van der Waals surface area (Å²) in [5, 5.41) is 4.61. The van der Waals surface area contributed by atoms with Gasteiger partial charge < -0.3 is 24.4 Å². The molecule has 33 heavy (non-hydrogen) atoms. The van der Waals surface area contributed by atoms with E-state index in [1.165, 1.54) is 11.3 Å². The predicted molar refractivity (Wildman–Crippen MR) is 132 cm³/mol. The molecule has 1 saturated heterocycles. The molecule has 8 nitrogen and oxygen atoms in total. The number of hydrogen-bond donors (Lipinski definition) is 1. The maximum absolute atomic E-state index is 6.23. The molecule has 0 bridgehead atoms. The number of nitrogens with zero attached hydrogens (tertiary/aromatic N) is 4. The van der Waals surface area contributed by atoms with Crippen molar-refractivity contribution in [1.82, 2.24) is 14.9 Å². The van der Waals surface area contributed by atoms with E-state index in [9.17, 15) is 0 Å². The molecule has 0 unspecified atom stereocenters. The zero-order valence-electron chi connectivity index (χ0n) is 19.7. The van der Waals surface area contributed by atoms with Crippen LogP contribution < -0.4 is 24.4 Å². The fraction of sp³-hybridized carbons (Fsp3) is 0.417. The first kappa shape index (κ1) is 23.2. The van der Waals surface area contributed by atoms with Crippen LogP contribution >= 0.6 is 11.6 Å². The number of nitrogens with one attached hydrogen (secondary N) is 1. The van der Waals surface area contributed by atoms with Gasteiger partial charge >= 0.3 is 0 Å². The summed E-state index contributed by atoms with van der Waals surface area (Å²) in [6.45, 7) is 2.66. The Bertz CT molecular complexity index is 1140. The Morgan fingerprint density at radius 3 is 2.48 bits per heavy atom. The highest BCUT2D eigenvalue weighted by Crippen LogP contribution is 2.35. The number of rotatable bonds is 8. The summed E-state index contributed by atoms with van der Waals surface area (Å²) < 4.78 is 16.5. The number of fused-ring (bicyclic) bond motifs is 1. The lowest BCUT2D eigenvalue weighted by Gasteiger charge is -2.24. The van der Waals surface area contributed by atoms with Crippen molar-refractivity contribution in [2.75, 3.05) is 58.7 Å². The van der Waals surface area contributed by atoms with Gasteiger partial charge in [0.05, 0.1) is 26.8 Å². The van der Waals surface area contributed by atoms with Gasteiger partial charge in [0.2, 0.25) is 5.28 Å². The van der Waals surface area contributed by atoms with Gasteiger partial charge in [0.25, 0.3) is 0 Å². The van der Waals surface area contributed by atoms with Crippen molar-refractivity contribution in [3.05, 3.63) is 41.2 Å². The molecular formula is C24H30ClN5O3. The van der Waals surface area contributed by atoms with Gasteiger partial charge in [-0.05, 0) is 36.2 Å². The maximum Gasteiger partial charge on any atom is 0.224 e. The van der Waals surface area contributed by atoms with Crippen molar-refractivity contribution >= 4 is 34.0 Å². The summed E-state index contributed by atoms with van der Waals surface area (Å²) in [4.78, 5) is 13.4.